The number of urea groups is 1. The van der Waals surface area contributed by atoms with Gasteiger partial charge >= 0.3 is 6.03 Å². The SMILES string of the molecule is C[C@H]1CN([C@@H](C)CO)C(=O)Cc2cc(NC(=O)Nc3cccc4ccccc34)ccc2O[C@H]1CN(C)Cc1ccccc1. The standard InChI is InChI=1S/C35H40N4O4/c1-24-20-39(25(2)23-40)34(41)19-28-18-29(36-35(42)37-31-15-9-13-27-12-7-8-14-30(27)31)16-17-32(28)43-33(24)22-38(3)21-26-10-5-4-6-11-26/h4-18,24-25,33,40H,19-23H2,1-3H3,(H2,36,37,42)/t24-,25-,33-/m0/s1. The molecule has 1 heterocycles. The van der Waals surface area contributed by atoms with Crippen LogP contribution in [-0.4, -0.2) is 65.7 Å². The highest BCUT2D eigenvalue weighted by molar-refractivity contribution is 6.06. The van der Waals surface area contributed by atoms with E-state index in [2.05, 4.69) is 41.6 Å². The lowest BCUT2D eigenvalue weighted by Gasteiger charge is -2.34. The molecular formula is C35H40N4O4. The number of hydrogen-bond donors (Lipinski definition) is 3. The third kappa shape index (κ3) is 7.52. The summed E-state index contributed by atoms with van der Waals surface area (Å²) in [6, 6.07) is 28.7. The molecule has 0 fully saturated rings. The second-order valence-electron chi connectivity index (χ2n) is 11.5. The van der Waals surface area contributed by atoms with E-state index in [4.69, 9.17) is 4.74 Å². The van der Waals surface area contributed by atoms with Gasteiger partial charge in [0.25, 0.3) is 0 Å². The first-order valence-electron chi connectivity index (χ1n) is 14.8. The van der Waals surface area contributed by atoms with Gasteiger partial charge in [-0.25, -0.2) is 4.79 Å². The fourth-order valence-electron chi connectivity index (χ4n) is 5.61. The lowest BCUT2D eigenvalue weighted by molar-refractivity contribution is -0.134. The number of aliphatic hydroxyl groups excluding tert-OH is 1. The molecule has 0 bridgehead atoms. The number of nitrogens with zero attached hydrogens (tertiary/aromatic N) is 2. The summed E-state index contributed by atoms with van der Waals surface area (Å²) < 4.78 is 6.64. The van der Waals surface area contributed by atoms with Crippen molar-refractivity contribution in [1.29, 1.82) is 0 Å². The normalized spacial score (nSPS) is 17.8. The molecule has 3 N–H and O–H groups in total. The summed E-state index contributed by atoms with van der Waals surface area (Å²) in [5.74, 6) is 0.539. The Morgan fingerprint density at radius 1 is 1.02 bits per heavy atom. The number of carbonyl (C=O) groups is 2. The molecule has 1 aliphatic heterocycles. The Morgan fingerprint density at radius 3 is 2.56 bits per heavy atom. The Balaban J connectivity index is 1.37. The summed E-state index contributed by atoms with van der Waals surface area (Å²) >= 11 is 0. The first kappa shape index (κ1) is 30.1. The lowest BCUT2D eigenvalue weighted by atomic mass is 10.0. The van der Waals surface area contributed by atoms with Crippen LogP contribution in [0.15, 0.2) is 91.0 Å². The van der Waals surface area contributed by atoms with E-state index >= 15 is 0 Å². The van der Waals surface area contributed by atoms with Gasteiger partial charge in [-0.3, -0.25) is 9.69 Å². The molecule has 8 nitrogen and oxygen atoms in total. The molecule has 0 spiro atoms. The number of benzene rings is 4. The van der Waals surface area contributed by atoms with Gasteiger partial charge < -0.3 is 25.4 Å². The molecule has 4 aromatic carbocycles. The zero-order chi connectivity index (χ0) is 30.3. The van der Waals surface area contributed by atoms with Gasteiger partial charge in [-0.15, -0.1) is 0 Å². The van der Waals surface area contributed by atoms with Crippen LogP contribution < -0.4 is 15.4 Å². The number of carbonyl (C=O) groups excluding carboxylic acids is 2. The van der Waals surface area contributed by atoms with E-state index in [1.54, 1.807) is 17.0 Å². The van der Waals surface area contributed by atoms with E-state index in [-0.39, 0.29) is 43.0 Å². The summed E-state index contributed by atoms with van der Waals surface area (Å²) in [6.07, 6.45) is -0.111. The topological polar surface area (TPSA) is 94.1 Å². The van der Waals surface area contributed by atoms with E-state index in [0.717, 1.165) is 17.3 Å². The van der Waals surface area contributed by atoms with E-state index in [1.165, 1.54) is 5.56 Å². The number of nitrogens with one attached hydrogen (secondary N) is 2. The smallest absolute Gasteiger partial charge is 0.323 e. The van der Waals surface area contributed by atoms with Gasteiger partial charge in [0.05, 0.1) is 24.8 Å². The monoisotopic (exact) mass is 580 g/mol. The summed E-state index contributed by atoms with van der Waals surface area (Å²) in [7, 11) is 2.07. The third-order valence-electron chi connectivity index (χ3n) is 8.00. The van der Waals surface area contributed by atoms with Crippen LogP contribution in [0.25, 0.3) is 10.8 Å². The second kappa shape index (κ2) is 13.7. The minimum atomic E-state index is -0.379. The summed E-state index contributed by atoms with van der Waals surface area (Å²) in [4.78, 5) is 30.5. The van der Waals surface area contributed by atoms with Crippen molar-refractivity contribution >= 4 is 34.1 Å². The van der Waals surface area contributed by atoms with Crippen molar-refractivity contribution < 1.29 is 19.4 Å². The van der Waals surface area contributed by atoms with Crippen LogP contribution in [-0.2, 0) is 17.8 Å². The van der Waals surface area contributed by atoms with Gasteiger partial charge in [-0.2, -0.15) is 0 Å². The van der Waals surface area contributed by atoms with Gasteiger partial charge in [0.1, 0.15) is 11.9 Å². The molecule has 43 heavy (non-hydrogen) atoms. The average Bonchev–Trinajstić information content (AvgIpc) is 3.04. The lowest BCUT2D eigenvalue weighted by Crippen LogP contribution is -2.47. The third-order valence-corrected chi connectivity index (χ3v) is 8.00. The van der Waals surface area contributed by atoms with Crippen molar-refractivity contribution in [3.63, 3.8) is 0 Å². The maximum Gasteiger partial charge on any atom is 0.323 e. The van der Waals surface area contributed by atoms with E-state index < -0.39 is 0 Å². The largest absolute Gasteiger partial charge is 0.488 e. The van der Waals surface area contributed by atoms with Crippen LogP contribution in [0.3, 0.4) is 0 Å². The number of aliphatic hydroxyl groups is 1. The molecule has 3 amide bonds. The Morgan fingerprint density at radius 2 is 1.77 bits per heavy atom. The molecule has 0 aliphatic carbocycles. The highest BCUT2D eigenvalue weighted by Crippen LogP contribution is 2.30. The number of ether oxygens (including phenoxy) is 1. The molecule has 0 saturated heterocycles. The number of fused-ring (bicyclic) bond motifs is 2. The van der Waals surface area contributed by atoms with Crippen LogP contribution in [0, 0.1) is 5.92 Å². The van der Waals surface area contributed by atoms with Crippen molar-refractivity contribution in [3.05, 3.63) is 102 Å². The molecule has 5 rings (SSSR count). The van der Waals surface area contributed by atoms with Crippen LogP contribution in [0.4, 0.5) is 16.2 Å². The predicted molar refractivity (Wildman–Crippen MR) is 171 cm³/mol. The van der Waals surface area contributed by atoms with Crippen molar-refractivity contribution in [2.75, 3.05) is 37.4 Å². The first-order chi connectivity index (χ1) is 20.8. The number of rotatable bonds is 8. The Labute approximate surface area is 253 Å². The fraction of sp³-hybridized carbons (Fsp3) is 0.314. The minimum Gasteiger partial charge on any atom is -0.488 e. The quantitative estimate of drug-likeness (QED) is 0.246. The van der Waals surface area contributed by atoms with E-state index in [0.29, 0.717) is 35.8 Å². The molecule has 0 aromatic heterocycles. The van der Waals surface area contributed by atoms with Crippen molar-refractivity contribution in [1.82, 2.24) is 9.80 Å². The molecule has 8 heteroatoms. The summed E-state index contributed by atoms with van der Waals surface area (Å²) in [6.45, 7) is 5.71. The van der Waals surface area contributed by atoms with Crippen LogP contribution in [0.5, 0.6) is 5.75 Å². The Bertz CT molecular complexity index is 1560. The molecule has 0 saturated carbocycles. The van der Waals surface area contributed by atoms with Crippen LogP contribution >= 0.6 is 0 Å². The molecular weight excluding hydrogens is 540 g/mol. The molecule has 3 atom stereocenters. The highest BCUT2D eigenvalue weighted by Gasteiger charge is 2.31. The molecule has 0 unspecified atom stereocenters. The summed E-state index contributed by atoms with van der Waals surface area (Å²) in [5.41, 5.74) is 3.17. The maximum absolute atomic E-state index is 13.5. The van der Waals surface area contributed by atoms with E-state index in [9.17, 15) is 14.7 Å². The molecule has 1 aliphatic rings. The van der Waals surface area contributed by atoms with Gasteiger partial charge in [0.2, 0.25) is 5.91 Å². The molecule has 4 aromatic rings. The number of amides is 3. The zero-order valence-electron chi connectivity index (χ0n) is 25.0. The van der Waals surface area contributed by atoms with Crippen molar-refractivity contribution in [2.24, 2.45) is 5.92 Å². The number of anilines is 2. The van der Waals surface area contributed by atoms with Gasteiger partial charge in [-0.05, 0) is 49.2 Å². The zero-order valence-corrected chi connectivity index (χ0v) is 25.0. The Kier molecular flexibility index (Phi) is 9.59. The van der Waals surface area contributed by atoms with Crippen molar-refractivity contribution in [2.45, 2.75) is 39.0 Å². The molecule has 0 radical (unpaired) electrons. The van der Waals surface area contributed by atoms with Crippen molar-refractivity contribution in [3.8, 4) is 5.75 Å². The first-order valence-corrected chi connectivity index (χ1v) is 14.8. The fourth-order valence-corrected chi connectivity index (χ4v) is 5.61. The minimum absolute atomic E-state index is 0.00592. The van der Waals surface area contributed by atoms with Gasteiger partial charge in [0, 0.05) is 42.2 Å². The van der Waals surface area contributed by atoms with Gasteiger partial charge in [0.15, 0.2) is 0 Å². The number of likely N-dealkylation sites (N-methyl/N-ethyl adjacent to an activating group) is 1. The van der Waals surface area contributed by atoms with E-state index in [1.807, 2.05) is 73.7 Å². The summed E-state index contributed by atoms with van der Waals surface area (Å²) in [5, 5.41) is 17.8. The second-order valence-corrected chi connectivity index (χ2v) is 11.5. The average molecular weight is 581 g/mol. The number of hydrogen-bond acceptors (Lipinski definition) is 5. The van der Waals surface area contributed by atoms with Crippen LogP contribution in [0.1, 0.15) is 25.0 Å². The maximum atomic E-state index is 13.5. The highest BCUT2D eigenvalue weighted by atomic mass is 16.5. The van der Waals surface area contributed by atoms with Crippen LogP contribution in [0.2, 0.25) is 0 Å². The van der Waals surface area contributed by atoms with Gasteiger partial charge in [-0.1, -0.05) is 73.7 Å². The Hall–Kier alpha value is -4.40. The predicted octanol–water partition coefficient (Wildman–Crippen LogP) is 5.76. The molecule has 224 valence electrons.